The monoisotopic (exact) mass is 334 g/mol. The SMILES string of the molecule is CCCCN(C)C(=O)c1nc(C(=O)NC(C)CC)c2n1CCCC2. The number of carbonyl (C=O) groups is 2. The summed E-state index contributed by atoms with van der Waals surface area (Å²) in [5.74, 6) is 0.164. The number of nitrogens with zero attached hydrogens (tertiary/aromatic N) is 3. The van der Waals surface area contributed by atoms with Gasteiger partial charge in [-0.25, -0.2) is 4.98 Å². The summed E-state index contributed by atoms with van der Waals surface area (Å²) in [6, 6.07) is 0.102. The van der Waals surface area contributed by atoms with Crippen LogP contribution in [0.5, 0.6) is 0 Å². The minimum atomic E-state index is -0.162. The van der Waals surface area contributed by atoms with Gasteiger partial charge in [0.1, 0.15) is 5.69 Å². The van der Waals surface area contributed by atoms with Gasteiger partial charge in [-0.15, -0.1) is 0 Å². The lowest BCUT2D eigenvalue weighted by molar-refractivity contribution is 0.0775. The molecule has 1 unspecified atom stereocenters. The molecule has 6 nitrogen and oxygen atoms in total. The molecule has 2 heterocycles. The summed E-state index contributed by atoms with van der Waals surface area (Å²) in [4.78, 5) is 31.5. The van der Waals surface area contributed by atoms with E-state index < -0.39 is 0 Å². The lowest BCUT2D eigenvalue weighted by Gasteiger charge is -2.20. The molecule has 0 aliphatic carbocycles. The Hall–Kier alpha value is -1.85. The second-order valence-electron chi connectivity index (χ2n) is 6.70. The van der Waals surface area contributed by atoms with Crippen molar-refractivity contribution in [1.29, 1.82) is 0 Å². The third-order valence-corrected chi connectivity index (χ3v) is 4.71. The van der Waals surface area contributed by atoms with E-state index in [1.54, 1.807) is 11.9 Å². The van der Waals surface area contributed by atoms with Crippen LogP contribution in [0.3, 0.4) is 0 Å². The molecular formula is C18H30N4O2. The highest BCUT2D eigenvalue weighted by atomic mass is 16.2. The fourth-order valence-electron chi connectivity index (χ4n) is 2.95. The lowest BCUT2D eigenvalue weighted by Crippen LogP contribution is -2.33. The van der Waals surface area contributed by atoms with Gasteiger partial charge >= 0.3 is 0 Å². The van der Waals surface area contributed by atoms with Crippen molar-refractivity contribution < 1.29 is 9.59 Å². The van der Waals surface area contributed by atoms with Crippen LogP contribution in [0.15, 0.2) is 0 Å². The fourth-order valence-corrected chi connectivity index (χ4v) is 2.95. The Morgan fingerprint density at radius 3 is 2.75 bits per heavy atom. The van der Waals surface area contributed by atoms with Crippen LogP contribution in [0.2, 0.25) is 0 Å². The van der Waals surface area contributed by atoms with Crippen LogP contribution >= 0.6 is 0 Å². The van der Waals surface area contributed by atoms with Gasteiger partial charge < -0.3 is 14.8 Å². The maximum Gasteiger partial charge on any atom is 0.289 e. The third-order valence-electron chi connectivity index (χ3n) is 4.71. The van der Waals surface area contributed by atoms with Crippen molar-refractivity contribution in [3.8, 4) is 0 Å². The van der Waals surface area contributed by atoms with Crippen LogP contribution in [0.25, 0.3) is 0 Å². The molecule has 0 saturated carbocycles. The Labute approximate surface area is 144 Å². The van der Waals surface area contributed by atoms with Gasteiger partial charge in [0.05, 0.1) is 5.69 Å². The number of aromatic nitrogens is 2. The number of rotatable bonds is 7. The number of hydrogen-bond acceptors (Lipinski definition) is 3. The number of fused-ring (bicyclic) bond motifs is 1. The van der Waals surface area contributed by atoms with Gasteiger partial charge in [0.15, 0.2) is 5.82 Å². The van der Waals surface area contributed by atoms with Crippen LogP contribution in [-0.4, -0.2) is 45.9 Å². The van der Waals surface area contributed by atoms with Crippen molar-refractivity contribution in [1.82, 2.24) is 19.8 Å². The number of carbonyl (C=O) groups excluding carboxylic acids is 2. The molecule has 6 heteroatoms. The average Bonchev–Trinajstić information content (AvgIpc) is 2.98. The molecule has 2 amide bonds. The van der Waals surface area contributed by atoms with Crippen LogP contribution in [0, 0.1) is 0 Å². The Bertz CT molecular complexity index is 594. The van der Waals surface area contributed by atoms with Crippen LogP contribution < -0.4 is 5.32 Å². The molecule has 1 aromatic heterocycles. The molecule has 1 aliphatic heterocycles. The van der Waals surface area contributed by atoms with E-state index in [2.05, 4.69) is 17.2 Å². The molecule has 1 atom stereocenters. The molecular weight excluding hydrogens is 304 g/mol. The van der Waals surface area contributed by atoms with Crippen molar-refractivity contribution in [2.75, 3.05) is 13.6 Å². The van der Waals surface area contributed by atoms with Gasteiger partial charge in [0, 0.05) is 26.2 Å². The Balaban J connectivity index is 2.29. The Morgan fingerprint density at radius 2 is 2.08 bits per heavy atom. The van der Waals surface area contributed by atoms with Crippen molar-refractivity contribution in [2.45, 2.75) is 71.9 Å². The number of nitrogens with one attached hydrogen (secondary N) is 1. The molecule has 0 bridgehead atoms. The quantitative estimate of drug-likeness (QED) is 0.833. The number of unbranched alkanes of at least 4 members (excludes halogenated alkanes) is 1. The predicted octanol–water partition coefficient (Wildman–Crippen LogP) is 2.62. The number of amides is 2. The highest BCUT2D eigenvalue weighted by Crippen LogP contribution is 2.22. The maximum absolute atomic E-state index is 12.7. The summed E-state index contributed by atoms with van der Waals surface area (Å²) < 4.78 is 1.96. The topological polar surface area (TPSA) is 67.2 Å². The van der Waals surface area contributed by atoms with E-state index in [0.29, 0.717) is 18.1 Å². The summed E-state index contributed by atoms with van der Waals surface area (Å²) in [6.45, 7) is 7.59. The first kappa shape index (κ1) is 18.5. The smallest absolute Gasteiger partial charge is 0.289 e. The van der Waals surface area contributed by atoms with E-state index in [1.807, 2.05) is 18.4 Å². The molecule has 24 heavy (non-hydrogen) atoms. The van der Waals surface area contributed by atoms with Crippen molar-refractivity contribution in [3.05, 3.63) is 17.2 Å². The molecule has 0 saturated heterocycles. The molecule has 0 spiro atoms. The largest absolute Gasteiger partial charge is 0.348 e. The molecule has 2 rings (SSSR count). The molecule has 0 fully saturated rings. The summed E-state index contributed by atoms with van der Waals surface area (Å²) in [7, 11) is 1.81. The third kappa shape index (κ3) is 3.97. The minimum Gasteiger partial charge on any atom is -0.348 e. The minimum absolute atomic E-state index is 0.0887. The molecule has 1 aliphatic rings. The number of hydrogen-bond donors (Lipinski definition) is 1. The van der Waals surface area contributed by atoms with E-state index in [1.165, 1.54) is 0 Å². The Kier molecular flexibility index (Phi) is 6.40. The van der Waals surface area contributed by atoms with Crippen LogP contribution in [0.1, 0.15) is 79.7 Å². The van der Waals surface area contributed by atoms with E-state index in [4.69, 9.17) is 0 Å². The zero-order valence-electron chi connectivity index (χ0n) is 15.4. The molecule has 0 aromatic carbocycles. The van der Waals surface area contributed by atoms with Crippen LogP contribution in [0.4, 0.5) is 0 Å². The first-order valence-electron chi connectivity index (χ1n) is 9.15. The van der Waals surface area contributed by atoms with Crippen molar-refractivity contribution in [3.63, 3.8) is 0 Å². The number of imidazole rings is 1. The summed E-state index contributed by atoms with van der Waals surface area (Å²) in [5, 5.41) is 2.97. The van der Waals surface area contributed by atoms with Gasteiger partial charge in [-0.05, 0) is 39.0 Å². The van der Waals surface area contributed by atoms with Crippen molar-refractivity contribution >= 4 is 11.8 Å². The first-order valence-corrected chi connectivity index (χ1v) is 9.15. The summed E-state index contributed by atoms with van der Waals surface area (Å²) in [6.07, 6.45) is 5.75. The van der Waals surface area contributed by atoms with Gasteiger partial charge in [-0.3, -0.25) is 9.59 Å². The first-order chi connectivity index (χ1) is 11.5. The average molecular weight is 334 g/mol. The zero-order valence-corrected chi connectivity index (χ0v) is 15.4. The molecule has 1 aromatic rings. The summed E-state index contributed by atoms with van der Waals surface area (Å²) >= 11 is 0. The second-order valence-corrected chi connectivity index (χ2v) is 6.70. The standard InChI is InChI=1S/C18H30N4O2/c1-5-7-11-21(4)18(24)16-20-15(17(23)19-13(3)6-2)14-10-8-9-12-22(14)16/h13H,5-12H2,1-4H3,(H,19,23). The Morgan fingerprint density at radius 1 is 1.33 bits per heavy atom. The van der Waals surface area contributed by atoms with Crippen LogP contribution in [-0.2, 0) is 13.0 Å². The summed E-state index contributed by atoms with van der Waals surface area (Å²) in [5.41, 5.74) is 1.34. The zero-order chi connectivity index (χ0) is 17.7. The fraction of sp³-hybridized carbons (Fsp3) is 0.722. The van der Waals surface area contributed by atoms with E-state index in [-0.39, 0.29) is 17.9 Å². The highest BCUT2D eigenvalue weighted by molar-refractivity contribution is 5.97. The normalized spacial score (nSPS) is 14.8. The van der Waals surface area contributed by atoms with Crippen molar-refractivity contribution in [2.24, 2.45) is 0 Å². The van der Waals surface area contributed by atoms with Gasteiger partial charge in [-0.2, -0.15) is 0 Å². The van der Waals surface area contributed by atoms with Gasteiger partial charge in [-0.1, -0.05) is 20.3 Å². The maximum atomic E-state index is 12.7. The van der Waals surface area contributed by atoms with E-state index in [0.717, 1.165) is 50.8 Å². The molecule has 0 radical (unpaired) electrons. The highest BCUT2D eigenvalue weighted by Gasteiger charge is 2.29. The van der Waals surface area contributed by atoms with Gasteiger partial charge in [0.25, 0.3) is 11.8 Å². The second kappa shape index (κ2) is 8.31. The van der Waals surface area contributed by atoms with E-state index in [9.17, 15) is 9.59 Å². The predicted molar refractivity (Wildman–Crippen MR) is 94.3 cm³/mol. The molecule has 134 valence electrons. The molecule has 1 N–H and O–H groups in total. The lowest BCUT2D eigenvalue weighted by atomic mass is 10.1. The van der Waals surface area contributed by atoms with E-state index >= 15 is 0 Å². The van der Waals surface area contributed by atoms with Gasteiger partial charge in [0.2, 0.25) is 0 Å².